The Labute approximate surface area is 174 Å². The molecule has 4 aliphatic heterocycles. The highest BCUT2D eigenvalue weighted by atomic mass is 16.5. The number of carbonyl (C=O) groups excluding carboxylic acids is 3. The van der Waals surface area contributed by atoms with Crippen LogP contribution < -0.4 is 10.1 Å². The lowest BCUT2D eigenvalue weighted by atomic mass is 9.76. The van der Waals surface area contributed by atoms with Crippen LogP contribution in [0, 0.1) is 11.8 Å². The molecule has 8 heteroatoms. The summed E-state index contributed by atoms with van der Waals surface area (Å²) < 4.78 is 11.9. The van der Waals surface area contributed by atoms with Crippen LogP contribution in [0.2, 0.25) is 0 Å². The predicted molar refractivity (Wildman–Crippen MR) is 106 cm³/mol. The van der Waals surface area contributed by atoms with E-state index in [9.17, 15) is 14.4 Å². The molecule has 5 rings (SSSR count). The van der Waals surface area contributed by atoms with Gasteiger partial charge in [0.15, 0.2) is 0 Å². The summed E-state index contributed by atoms with van der Waals surface area (Å²) in [6, 6.07) is 9.48. The van der Waals surface area contributed by atoms with Crippen molar-refractivity contribution in [1.82, 2.24) is 15.1 Å². The van der Waals surface area contributed by atoms with Gasteiger partial charge in [0.05, 0.1) is 31.0 Å². The van der Waals surface area contributed by atoms with Crippen molar-refractivity contribution in [3.63, 3.8) is 0 Å². The molecule has 1 aromatic carbocycles. The molecule has 3 amide bonds. The Morgan fingerprint density at radius 1 is 1.23 bits per heavy atom. The molecule has 0 aromatic heterocycles. The fraction of sp³-hybridized carbons (Fsp3) is 0.500. The molecule has 1 N–H and O–H groups in total. The number of nitrogens with zero attached hydrogens (tertiary/aromatic N) is 2. The van der Waals surface area contributed by atoms with E-state index in [1.165, 1.54) is 0 Å². The zero-order valence-electron chi connectivity index (χ0n) is 16.7. The Balaban J connectivity index is 1.27. The van der Waals surface area contributed by atoms with Gasteiger partial charge in [-0.2, -0.15) is 0 Å². The smallest absolute Gasteiger partial charge is 0.230 e. The summed E-state index contributed by atoms with van der Waals surface area (Å²) in [4.78, 5) is 41.6. The molecule has 8 nitrogen and oxygen atoms in total. The Hall–Kier alpha value is -2.87. The van der Waals surface area contributed by atoms with Crippen LogP contribution in [0.4, 0.5) is 0 Å². The van der Waals surface area contributed by atoms with E-state index in [2.05, 4.69) is 5.32 Å². The third-order valence-electron chi connectivity index (χ3n) is 6.46. The second-order valence-electron chi connectivity index (χ2n) is 8.25. The van der Waals surface area contributed by atoms with Crippen molar-refractivity contribution in [2.24, 2.45) is 11.8 Å². The molecule has 4 heterocycles. The zero-order valence-corrected chi connectivity index (χ0v) is 16.7. The van der Waals surface area contributed by atoms with Crippen molar-refractivity contribution in [3.8, 4) is 5.75 Å². The predicted octanol–water partition coefficient (Wildman–Crippen LogP) is 0.196. The summed E-state index contributed by atoms with van der Waals surface area (Å²) in [5.41, 5.74) is -0.727. The second kappa shape index (κ2) is 7.43. The molecule has 0 aliphatic carbocycles. The van der Waals surface area contributed by atoms with Gasteiger partial charge in [-0.3, -0.25) is 14.4 Å². The van der Waals surface area contributed by atoms with E-state index in [4.69, 9.17) is 9.47 Å². The molecule has 3 saturated heterocycles. The average Bonchev–Trinajstić information content (AvgIpc) is 3.32. The van der Waals surface area contributed by atoms with Crippen LogP contribution in [0.25, 0.3) is 0 Å². The summed E-state index contributed by atoms with van der Waals surface area (Å²) >= 11 is 0. The highest BCUT2D eigenvalue weighted by Gasteiger charge is 2.67. The minimum atomic E-state index is -0.727. The SMILES string of the molecule is O=C1CCN(C(=O)[C@@H]2[C@@H]3C=C[C@@]4(CN(CCOc5ccccc5)C(=O)[C@@H]24)O3)CCN1. The molecular formula is C22H25N3O5. The first kappa shape index (κ1) is 19.1. The summed E-state index contributed by atoms with van der Waals surface area (Å²) in [6.45, 7) is 2.53. The van der Waals surface area contributed by atoms with Crippen LogP contribution in [0.3, 0.4) is 0 Å². The maximum atomic E-state index is 13.3. The van der Waals surface area contributed by atoms with Crippen LogP contribution in [0.1, 0.15) is 6.42 Å². The quantitative estimate of drug-likeness (QED) is 0.700. The number of fused-ring (bicyclic) bond motifs is 1. The Kier molecular flexibility index (Phi) is 4.73. The van der Waals surface area contributed by atoms with Gasteiger partial charge in [0, 0.05) is 26.1 Å². The van der Waals surface area contributed by atoms with Crippen molar-refractivity contribution in [2.75, 3.05) is 39.3 Å². The third kappa shape index (κ3) is 3.15. The highest BCUT2D eigenvalue weighted by Crippen LogP contribution is 2.52. The molecular weight excluding hydrogens is 386 g/mol. The van der Waals surface area contributed by atoms with Gasteiger partial charge in [-0.25, -0.2) is 0 Å². The Morgan fingerprint density at radius 2 is 2.07 bits per heavy atom. The van der Waals surface area contributed by atoms with E-state index in [0.29, 0.717) is 39.3 Å². The molecule has 1 aromatic rings. The molecule has 2 bridgehead atoms. The highest BCUT2D eigenvalue weighted by molar-refractivity contribution is 5.93. The molecule has 158 valence electrons. The largest absolute Gasteiger partial charge is 0.492 e. The lowest BCUT2D eigenvalue weighted by Gasteiger charge is -2.29. The first-order chi connectivity index (χ1) is 14.6. The maximum Gasteiger partial charge on any atom is 0.230 e. The van der Waals surface area contributed by atoms with Gasteiger partial charge in [-0.05, 0) is 12.1 Å². The number of carbonyl (C=O) groups is 3. The third-order valence-corrected chi connectivity index (χ3v) is 6.46. The fourth-order valence-corrected chi connectivity index (χ4v) is 5.04. The first-order valence-corrected chi connectivity index (χ1v) is 10.5. The minimum Gasteiger partial charge on any atom is -0.492 e. The average molecular weight is 411 g/mol. The number of hydrogen-bond acceptors (Lipinski definition) is 5. The molecule has 4 aliphatic rings. The van der Waals surface area contributed by atoms with Gasteiger partial charge in [0.25, 0.3) is 0 Å². The number of nitrogens with one attached hydrogen (secondary N) is 1. The minimum absolute atomic E-state index is 0.0487. The van der Waals surface area contributed by atoms with Crippen molar-refractivity contribution in [1.29, 1.82) is 0 Å². The van der Waals surface area contributed by atoms with Gasteiger partial charge in [-0.15, -0.1) is 0 Å². The van der Waals surface area contributed by atoms with E-state index >= 15 is 0 Å². The second-order valence-corrected chi connectivity index (χ2v) is 8.25. The van der Waals surface area contributed by atoms with Crippen LogP contribution in [-0.2, 0) is 19.1 Å². The zero-order chi connectivity index (χ0) is 20.7. The van der Waals surface area contributed by atoms with Gasteiger partial charge in [0.1, 0.15) is 18.0 Å². The standard InChI is InChI=1S/C22H25N3O5/c26-17-7-10-24(11-9-23-17)20(27)18-16-6-8-22(30-16)14-25(21(28)19(18)22)12-13-29-15-4-2-1-3-5-15/h1-6,8,16,18-19H,7,9-14H2,(H,23,26)/t16-,18+,19+,22-/m0/s1. The van der Waals surface area contributed by atoms with Crippen LogP contribution in [-0.4, -0.2) is 78.6 Å². The molecule has 0 saturated carbocycles. The van der Waals surface area contributed by atoms with Crippen molar-refractivity contribution in [3.05, 3.63) is 42.5 Å². The van der Waals surface area contributed by atoms with E-state index in [1.54, 1.807) is 9.80 Å². The molecule has 4 atom stereocenters. The number of ether oxygens (including phenoxy) is 2. The van der Waals surface area contributed by atoms with E-state index in [-0.39, 0.29) is 30.2 Å². The van der Waals surface area contributed by atoms with Crippen LogP contribution in [0.15, 0.2) is 42.5 Å². The van der Waals surface area contributed by atoms with E-state index < -0.39 is 17.4 Å². The lowest BCUT2D eigenvalue weighted by Crippen LogP contribution is -2.47. The summed E-state index contributed by atoms with van der Waals surface area (Å²) in [5, 5.41) is 2.78. The number of rotatable bonds is 5. The molecule has 0 radical (unpaired) electrons. The number of amides is 3. The van der Waals surface area contributed by atoms with E-state index in [0.717, 1.165) is 5.75 Å². The Morgan fingerprint density at radius 3 is 2.90 bits per heavy atom. The van der Waals surface area contributed by atoms with Crippen LogP contribution >= 0.6 is 0 Å². The molecule has 1 spiro atoms. The maximum absolute atomic E-state index is 13.3. The number of benzene rings is 1. The number of likely N-dealkylation sites (tertiary alicyclic amines) is 1. The first-order valence-electron chi connectivity index (χ1n) is 10.5. The van der Waals surface area contributed by atoms with Gasteiger partial charge in [-0.1, -0.05) is 30.4 Å². The normalized spacial score (nSPS) is 32.2. The number of para-hydroxylation sites is 1. The molecule has 0 unspecified atom stereocenters. The van der Waals surface area contributed by atoms with Crippen molar-refractivity contribution < 1.29 is 23.9 Å². The van der Waals surface area contributed by atoms with Gasteiger partial charge in [0.2, 0.25) is 17.7 Å². The molecule has 30 heavy (non-hydrogen) atoms. The van der Waals surface area contributed by atoms with Crippen molar-refractivity contribution in [2.45, 2.75) is 18.1 Å². The van der Waals surface area contributed by atoms with Crippen molar-refractivity contribution >= 4 is 17.7 Å². The summed E-state index contributed by atoms with van der Waals surface area (Å²) in [5.74, 6) is -0.479. The number of hydrogen-bond donors (Lipinski definition) is 1. The summed E-state index contributed by atoms with van der Waals surface area (Å²) in [6.07, 6.45) is 3.78. The van der Waals surface area contributed by atoms with Crippen LogP contribution in [0.5, 0.6) is 5.75 Å². The van der Waals surface area contributed by atoms with Gasteiger partial charge < -0.3 is 24.6 Å². The lowest BCUT2D eigenvalue weighted by molar-refractivity contribution is -0.143. The molecule has 3 fully saturated rings. The summed E-state index contributed by atoms with van der Waals surface area (Å²) in [7, 11) is 0. The monoisotopic (exact) mass is 411 g/mol. The topological polar surface area (TPSA) is 88.2 Å². The Bertz CT molecular complexity index is 888. The van der Waals surface area contributed by atoms with Gasteiger partial charge >= 0.3 is 0 Å². The van der Waals surface area contributed by atoms with E-state index in [1.807, 2.05) is 42.5 Å². The fourth-order valence-electron chi connectivity index (χ4n) is 5.04.